The molecule has 1 aromatic carbocycles. The Kier molecular flexibility index (Phi) is 3.49. The highest BCUT2D eigenvalue weighted by molar-refractivity contribution is 7.99. The molecule has 0 spiro atoms. The van der Waals surface area contributed by atoms with Gasteiger partial charge in [0.15, 0.2) is 5.84 Å². The summed E-state index contributed by atoms with van der Waals surface area (Å²) in [5.74, 6) is 0.0413. The fourth-order valence-corrected chi connectivity index (χ4v) is 2.92. The topological polar surface area (TPSA) is 89.3 Å². The molecule has 3 aromatic rings. The molecule has 0 saturated carbocycles. The molecular formula is C14H13N5OS. The number of pyridine rings is 1. The summed E-state index contributed by atoms with van der Waals surface area (Å²) >= 11 is 1.43. The van der Waals surface area contributed by atoms with Crippen LogP contribution in [-0.2, 0) is 7.05 Å². The Bertz CT molecular complexity index is 827. The standard InChI is InChI=1S/C14H13N5OS/c1-19-8-10(7-16-19)21-14-11(13(15)18-20)6-9-4-2-3-5-12(9)17-14/h2-8,20H,1H3,(H2,15,18). The summed E-state index contributed by atoms with van der Waals surface area (Å²) in [7, 11) is 1.85. The van der Waals surface area contributed by atoms with E-state index in [-0.39, 0.29) is 5.84 Å². The van der Waals surface area contributed by atoms with E-state index in [9.17, 15) is 0 Å². The quantitative estimate of drug-likeness (QED) is 0.335. The van der Waals surface area contributed by atoms with Crippen LogP contribution in [0.2, 0.25) is 0 Å². The second kappa shape index (κ2) is 5.45. The summed E-state index contributed by atoms with van der Waals surface area (Å²) in [4.78, 5) is 5.54. The fourth-order valence-electron chi connectivity index (χ4n) is 1.98. The van der Waals surface area contributed by atoms with Crippen molar-refractivity contribution in [1.29, 1.82) is 0 Å². The molecule has 21 heavy (non-hydrogen) atoms. The van der Waals surface area contributed by atoms with Crippen LogP contribution in [0.3, 0.4) is 0 Å². The van der Waals surface area contributed by atoms with E-state index < -0.39 is 0 Å². The molecule has 0 amide bonds. The van der Waals surface area contributed by atoms with Gasteiger partial charge < -0.3 is 10.9 Å². The average molecular weight is 299 g/mol. The van der Waals surface area contributed by atoms with Crippen molar-refractivity contribution in [3.63, 3.8) is 0 Å². The predicted octanol–water partition coefficient (Wildman–Crippen LogP) is 2.21. The summed E-state index contributed by atoms with van der Waals surface area (Å²) in [5, 5.41) is 17.8. The van der Waals surface area contributed by atoms with Gasteiger partial charge >= 0.3 is 0 Å². The maximum absolute atomic E-state index is 8.96. The third kappa shape index (κ3) is 2.68. The molecule has 0 aliphatic heterocycles. The minimum absolute atomic E-state index is 0.0413. The van der Waals surface area contributed by atoms with Crippen LogP contribution in [0, 0.1) is 0 Å². The van der Waals surface area contributed by atoms with Crippen molar-refractivity contribution >= 4 is 28.5 Å². The SMILES string of the molecule is Cn1cc(Sc2nc3ccccc3cc2C(N)=NO)cn1. The first-order chi connectivity index (χ1) is 10.2. The first-order valence-corrected chi connectivity index (χ1v) is 7.03. The Morgan fingerprint density at radius 3 is 2.90 bits per heavy atom. The smallest absolute Gasteiger partial charge is 0.172 e. The minimum Gasteiger partial charge on any atom is -0.409 e. The summed E-state index contributed by atoms with van der Waals surface area (Å²) in [6.07, 6.45) is 3.63. The van der Waals surface area contributed by atoms with Crippen molar-refractivity contribution in [3.8, 4) is 0 Å². The zero-order chi connectivity index (χ0) is 14.8. The highest BCUT2D eigenvalue weighted by atomic mass is 32.2. The maximum atomic E-state index is 8.96. The number of aromatic nitrogens is 3. The number of nitrogens with two attached hydrogens (primary N) is 1. The summed E-state index contributed by atoms with van der Waals surface area (Å²) < 4.78 is 1.71. The minimum atomic E-state index is 0.0413. The zero-order valence-electron chi connectivity index (χ0n) is 11.3. The maximum Gasteiger partial charge on any atom is 0.172 e. The molecule has 0 unspecified atom stereocenters. The number of hydrogen-bond donors (Lipinski definition) is 2. The predicted molar refractivity (Wildman–Crippen MR) is 81.6 cm³/mol. The van der Waals surface area contributed by atoms with E-state index in [0.29, 0.717) is 10.6 Å². The Morgan fingerprint density at radius 2 is 2.19 bits per heavy atom. The van der Waals surface area contributed by atoms with Crippen LogP contribution in [0.1, 0.15) is 5.56 Å². The van der Waals surface area contributed by atoms with Gasteiger partial charge in [0, 0.05) is 18.6 Å². The Labute approximate surface area is 125 Å². The number of hydrogen-bond acceptors (Lipinski definition) is 5. The molecule has 0 fully saturated rings. The van der Waals surface area contributed by atoms with E-state index in [1.165, 1.54) is 11.8 Å². The molecule has 0 aliphatic rings. The van der Waals surface area contributed by atoms with Gasteiger partial charge in [-0.25, -0.2) is 4.98 Å². The largest absolute Gasteiger partial charge is 0.409 e. The summed E-state index contributed by atoms with van der Waals surface area (Å²) in [6.45, 7) is 0. The Morgan fingerprint density at radius 1 is 1.38 bits per heavy atom. The first-order valence-electron chi connectivity index (χ1n) is 6.21. The molecule has 2 aromatic heterocycles. The number of nitrogens with zero attached hydrogens (tertiary/aromatic N) is 4. The molecule has 0 saturated heterocycles. The van der Waals surface area contributed by atoms with E-state index in [1.54, 1.807) is 10.9 Å². The van der Waals surface area contributed by atoms with E-state index in [4.69, 9.17) is 10.9 Å². The zero-order valence-corrected chi connectivity index (χ0v) is 12.1. The summed E-state index contributed by atoms with van der Waals surface area (Å²) in [5.41, 5.74) is 7.23. The molecule has 3 rings (SSSR count). The van der Waals surface area contributed by atoms with Crippen LogP contribution in [0.4, 0.5) is 0 Å². The van der Waals surface area contributed by atoms with Gasteiger partial charge in [-0.15, -0.1) is 0 Å². The molecule has 2 heterocycles. The Hall–Kier alpha value is -2.54. The van der Waals surface area contributed by atoms with Crippen molar-refractivity contribution in [3.05, 3.63) is 48.3 Å². The second-order valence-corrected chi connectivity index (χ2v) is 5.53. The molecule has 3 N–H and O–H groups in total. The summed E-state index contributed by atoms with van der Waals surface area (Å²) in [6, 6.07) is 9.59. The molecule has 0 aliphatic carbocycles. The van der Waals surface area contributed by atoms with Gasteiger partial charge in [-0.3, -0.25) is 4.68 Å². The van der Waals surface area contributed by atoms with E-state index in [2.05, 4.69) is 15.2 Å². The molecule has 0 atom stereocenters. The third-order valence-electron chi connectivity index (χ3n) is 2.97. The van der Waals surface area contributed by atoms with Crippen molar-refractivity contribution in [1.82, 2.24) is 14.8 Å². The van der Waals surface area contributed by atoms with Gasteiger partial charge in [0.2, 0.25) is 0 Å². The van der Waals surface area contributed by atoms with Gasteiger partial charge in [0.05, 0.1) is 22.2 Å². The average Bonchev–Trinajstić information content (AvgIpc) is 2.91. The molecular weight excluding hydrogens is 286 g/mol. The lowest BCUT2D eigenvalue weighted by Crippen LogP contribution is -2.15. The van der Waals surface area contributed by atoms with Crippen LogP contribution < -0.4 is 5.73 Å². The van der Waals surface area contributed by atoms with Gasteiger partial charge in [-0.1, -0.05) is 35.1 Å². The lowest BCUT2D eigenvalue weighted by atomic mass is 10.1. The van der Waals surface area contributed by atoms with Crippen molar-refractivity contribution < 1.29 is 5.21 Å². The third-order valence-corrected chi connectivity index (χ3v) is 3.92. The second-order valence-electron chi connectivity index (χ2n) is 4.47. The molecule has 0 radical (unpaired) electrons. The number of rotatable bonds is 3. The lowest BCUT2D eigenvalue weighted by Gasteiger charge is -2.08. The molecule has 106 valence electrons. The van der Waals surface area contributed by atoms with Crippen molar-refractivity contribution in [2.75, 3.05) is 0 Å². The Balaban J connectivity index is 2.13. The molecule has 7 heteroatoms. The molecule has 0 bridgehead atoms. The van der Waals surface area contributed by atoms with Gasteiger partial charge in [0.1, 0.15) is 5.03 Å². The number of fused-ring (bicyclic) bond motifs is 1. The number of amidine groups is 1. The van der Waals surface area contributed by atoms with E-state index >= 15 is 0 Å². The number of para-hydroxylation sites is 1. The van der Waals surface area contributed by atoms with Crippen LogP contribution in [0.5, 0.6) is 0 Å². The van der Waals surface area contributed by atoms with Gasteiger partial charge in [-0.2, -0.15) is 5.10 Å². The highest BCUT2D eigenvalue weighted by Crippen LogP contribution is 2.30. The van der Waals surface area contributed by atoms with Gasteiger partial charge in [-0.05, 0) is 12.1 Å². The number of oxime groups is 1. The number of aryl methyl sites for hydroxylation is 1. The fraction of sp³-hybridized carbons (Fsp3) is 0.0714. The van der Waals surface area contributed by atoms with Crippen LogP contribution in [-0.4, -0.2) is 25.8 Å². The van der Waals surface area contributed by atoms with Crippen LogP contribution >= 0.6 is 11.8 Å². The van der Waals surface area contributed by atoms with E-state index in [0.717, 1.165) is 15.8 Å². The van der Waals surface area contributed by atoms with Crippen molar-refractivity contribution in [2.45, 2.75) is 9.92 Å². The normalized spacial score (nSPS) is 12.0. The monoisotopic (exact) mass is 299 g/mol. The van der Waals surface area contributed by atoms with E-state index in [1.807, 2.05) is 43.6 Å². The first kappa shape index (κ1) is 13.4. The van der Waals surface area contributed by atoms with Crippen LogP contribution in [0.15, 0.2) is 57.8 Å². The van der Waals surface area contributed by atoms with Gasteiger partial charge in [0.25, 0.3) is 0 Å². The number of benzene rings is 1. The van der Waals surface area contributed by atoms with Crippen LogP contribution in [0.25, 0.3) is 10.9 Å². The highest BCUT2D eigenvalue weighted by Gasteiger charge is 2.13. The lowest BCUT2D eigenvalue weighted by molar-refractivity contribution is 0.318. The van der Waals surface area contributed by atoms with Crippen molar-refractivity contribution in [2.24, 2.45) is 17.9 Å². The molecule has 6 nitrogen and oxygen atoms in total.